The maximum absolute atomic E-state index is 9.93. The van der Waals surface area contributed by atoms with E-state index < -0.39 is 0 Å². The van der Waals surface area contributed by atoms with Gasteiger partial charge < -0.3 is 9.84 Å². The Labute approximate surface area is 82.7 Å². The minimum atomic E-state index is -0.317. The van der Waals surface area contributed by atoms with Crippen LogP contribution < -0.4 is 0 Å². The van der Waals surface area contributed by atoms with E-state index in [0.29, 0.717) is 13.2 Å². The number of aliphatic hydroxyl groups excluding tert-OH is 1. The Kier molecular flexibility index (Phi) is 1.82. The molecule has 0 aromatic carbocycles. The van der Waals surface area contributed by atoms with Crippen LogP contribution in [0.25, 0.3) is 0 Å². The number of fused-ring (bicyclic) bond motifs is 3. The zero-order valence-corrected chi connectivity index (χ0v) is 7.99. The van der Waals surface area contributed by atoms with Crippen molar-refractivity contribution in [3.8, 4) is 0 Å². The van der Waals surface area contributed by atoms with Gasteiger partial charge in [-0.05, 0) is 24.8 Å². The van der Waals surface area contributed by atoms with Gasteiger partial charge in [0.15, 0.2) is 0 Å². The lowest BCUT2D eigenvalue weighted by Gasteiger charge is -2.22. The summed E-state index contributed by atoms with van der Waals surface area (Å²) in [6.07, 6.45) is 4.49. The van der Waals surface area contributed by atoms with E-state index in [2.05, 4.69) is 4.98 Å². The van der Waals surface area contributed by atoms with Gasteiger partial charge in [-0.15, -0.1) is 0 Å². The number of aryl methyl sites for hydroxylation is 1. The first-order valence-electron chi connectivity index (χ1n) is 5.11. The van der Waals surface area contributed by atoms with Crippen LogP contribution in [0.1, 0.15) is 41.3 Å². The predicted octanol–water partition coefficient (Wildman–Crippen LogP) is 1.48. The van der Waals surface area contributed by atoms with Gasteiger partial charge in [0.05, 0.1) is 19.3 Å². The first-order chi connectivity index (χ1) is 6.86. The molecule has 2 heterocycles. The quantitative estimate of drug-likeness (QED) is 0.675. The minimum absolute atomic E-state index is 0.317. The first kappa shape index (κ1) is 8.38. The highest BCUT2D eigenvalue weighted by molar-refractivity contribution is 5.40. The Morgan fingerprint density at radius 1 is 1.43 bits per heavy atom. The molecular weight excluding hydrogens is 178 g/mol. The van der Waals surface area contributed by atoms with Gasteiger partial charge in [-0.3, -0.25) is 4.98 Å². The van der Waals surface area contributed by atoms with E-state index in [0.717, 1.165) is 36.1 Å². The number of ether oxygens (including phenoxy) is 1. The fourth-order valence-corrected chi connectivity index (χ4v) is 2.41. The Morgan fingerprint density at radius 2 is 2.36 bits per heavy atom. The van der Waals surface area contributed by atoms with Gasteiger partial charge >= 0.3 is 0 Å². The molecule has 1 N–H and O–H groups in total. The molecular formula is C11H13NO2. The fraction of sp³-hybridized carbons (Fsp3) is 0.545. The highest BCUT2D eigenvalue weighted by Gasteiger charge is 2.26. The molecule has 0 amide bonds. The molecule has 0 fully saturated rings. The molecule has 3 heteroatoms. The summed E-state index contributed by atoms with van der Waals surface area (Å²) in [5.41, 5.74) is 4.49. The summed E-state index contributed by atoms with van der Waals surface area (Å²) in [7, 11) is 0. The molecule has 2 aliphatic rings. The Morgan fingerprint density at radius 3 is 3.29 bits per heavy atom. The number of aromatic nitrogens is 1. The number of nitrogens with zero attached hydrogens (tertiary/aromatic N) is 1. The average molecular weight is 191 g/mol. The molecule has 1 aromatic rings. The Hall–Kier alpha value is -0.930. The highest BCUT2D eigenvalue weighted by atomic mass is 16.5. The molecule has 0 spiro atoms. The molecule has 14 heavy (non-hydrogen) atoms. The van der Waals surface area contributed by atoms with Gasteiger partial charge in [-0.1, -0.05) is 0 Å². The van der Waals surface area contributed by atoms with Gasteiger partial charge in [0.2, 0.25) is 0 Å². The van der Waals surface area contributed by atoms with Gasteiger partial charge in [-0.25, -0.2) is 0 Å². The summed E-state index contributed by atoms with van der Waals surface area (Å²) < 4.78 is 5.38. The molecule has 1 aliphatic carbocycles. The van der Waals surface area contributed by atoms with Gasteiger partial charge in [0.25, 0.3) is 0 Å². The van der Waals surface area contributed by atoms with Crippen LogP contribution in [-0.2, 0) is 24.4 Å². The molecule has 1 unspecified atom stereocenters. The number of pyridine rings is 1. The molecule has 0 bridgehead atoms. The second kappa shape index (κ2) is 3.04. The van der Waals surface area contributed by atoms with Crippen molar-refractivity contribution in [2.75, 3.05) is 0 Å². The maximum atomic E-state index is 9.93. The van der Waals surface area contributed by atoms with Gasteiger partial charge in [0, 0.05) is 23.0 Å². The highest BCUT2D eigenvalue weighted by Crippen LogP contribution is 2.35. The molecule has 74 valence electrons. The third-order valence-electron chi connectivity index (χ3n) is 3.13. The van der Waals surface area contributed by atoms with Gasteiger partial charge in [0.1, 0.15) is 0 Å². The van der Waals surface area contributed by atoms with Crippen molar-refractivity contribution in [1.29, 1.82) is 0 Å². The third kappa shape index (κ3) is 1.09. The third-order valence-corrected chi connectivity index (χ3v) is 3.13. The molecule has 0 radical (unpaired) electrons. The zero-order valence-electron chi connectivity index (χ0n) is 7.99. The monoisotopic (exact) mass is 191 g/mol. The number of aliphatic hydroxyl groups is 1. The number of hydrogen-bond acceptors (Lipinski definition) is 3. The topological polar surface area (TPSA) is 42.4 Å². The van der Waals surface area contributed by atoms with Crippen LogP contribution in [0.5, 0.6) is 0 Å². The van der Waals surface area contributed by atoms with E-state index in [9.17, 15) is 5.11 Å². The number of hydrogen-bond donors (Lipinski definition) is 1. The zero-order chi connectivity index (χ0) is 9.54. The SMILES string of the molecule is OC1CCCc2ncc3c(c21)COC3. The van der Waals surface area contributed by atoms with E-state index in [1.807, 2.05) is 6.20 Å². The Balaban J connectivity index is 2.19. The lowest BCUT2D eigenvalue weighted by molar-refractivity contribution is 0.128. The molecule has 1 atom stereocenters. The second-order valence-corrected chi connectivity index (χ2v) is 4.02. The van der Waals surface area contributed by atoms with Crippen LogP contribution in [0.2, 0.25) is 0 Å². The summed E-state index contributed by atoms with van der Waals surface area (Å²) in [5.74, 6) is 0. The van der Waals surface area contributed by atoms with Crippen LogP contribution in [0.3, 0.4) is 0 Å². The van der Waals surface area contributed by atoms with Crippen molar-refractivity contribution in [2.45, 2.75) is 38.6 Å². The minimum Gasteiger partial charge on any atom is -0.388 e. The van der Waals surface area contributed by atoms with Crippen molar-refractivity contribution in [2.24, 2.45) is 0 Å². The van der Waals surface area contributed by atoms with Crippen molar-refractivity contribution in [3.63, 3.8) is 0 Å². The summed E-state index contributed by atoms with van der Waals surface area (Å²) in [6.45, 7) is 1.31. The van der Waals surface area contributed by atoms with Crippen LogP contribution in [0.4, 0.5) is 0 Å². The lowest BCUT2D eigenvalue weighted by atomic mass is 9.89. The van der Waals surface area contributed by atoms with Crippen LogP contribution >= 0.6 is 0 Å². The van der Waals surface area contributed by atoms with E-state index in [-0.39, 0.29) is 6.10 Å². The molecule has 1 aliphatic heterocycles. The first-order valence-corrected chi connectivity index (χ1v) is 5.11. The van der Waals surface area contributed by atoms with E-state index in [1.54, 1.807) is 0 Å². The summed E-state index contributed by atoms with van der Waals surface area (Å²) in [4.78, 5) is 4.40. The molecule has 1 aromatic heterocycles. The molecule has 0 saturated carbocycles. The standard InChI is InChI=1S/C11H13NO2/c13-10-3-1-2-9-11(10)8-6-14-5-7(8)4-12-9/h4,10,13H,1-3,5-6H2. The number of rotatable bonds is 0. The molecule has 3 rings (SSSR count). The molecule has 3 nitrogen and oxygen atoms in total. The summed E-state index contributed by atoms with van der Waals surface area (Å²) in [6, 6.07) is 0. The van der Waals surface area contributed by atoms with E-state index in [1.165, 1.54) is 5.56 Å². The van der Waals surface area contributed by atoms with Crippen LogP contribution in [0, 0.1) is 0 Å². The van der Waals surface area contributed by atoms with E-state index >= 15 is 0 Å². The fourth-order valence-electron chi connectivity index (χ4n) is 2.41. The normalized spacial score (nSPS) is 24.5. The molecule has 0 saturated heterocycles. The van der Waals surface area contributed by atoms with Crippen molar-refractivity contribution >= 4 is 0 Å². The second-order valence-electron chi connectivity index (χ2n) is 4.02. The average Bonchev–Trinajstić information content (AvgIpc) is 2.65. The van der Waals surface area contributed by atoms with Gasteiger partial charge in [-0.2, -0.15) is 0 Å². The van der Waals surface area contributed by atoms with Crippen molar-refractivity contribution < 1.29 is 9.84 Å². The predicted molar refractivity (Wildman–Crippen MR) is 50.6 cm³/mol. The largest absolute Gasteiger partial charge is 0.388 e. The maximum Gasteiger partial charge on any atom is 0.0811 e. The smallest absolute Gasteiger partial charge is 0.0811 e. The lowest BCUT2D eigenvalue weighted by Crippen LogP contribution is -2.14. The van der Waals surface area contributed by atoms with Crippen molar-refractivity contribution in [1.82, 2.24) is 4.98 Å². The van der Waals surface area contributed by atoms with Crippen LogP contribution in [-0.4, -0.2) is 10.1 Å². The summed E-state index contributed by atoms with van der Waals surface area (Å²) in [5, 5.41) is 9.93. The Bertz CT molecular complexity index is 376. The van der Waals surface area contributed by atoms with Crippen molar-refractivity contribution in [3.05, 3.63) is 28.6 Å². The van der Waals surface area contributed by atoms with E-state index in [4.69, 9.17) is 4.74 Å². The van der Waals surface area contributed by atoms with Crippen LogP contribution in [0.15, 0.2) is 6.20 Å². The summed E-state index contributed by atoms with van der Waals surface area (Å²) >= 11 is 0.